The summed E-state index contributed by atoms with van der Waals surface area (Å²) in [6.07, 6.45) is 0. The summed E-state index contributed by atoms with van der Waals surface area (Å²) >= 11 is 11.9. The summed E-state index contributed by atoms with van der Waals surface area (Å²) in [7, 11) is 1.99. The molecule has 7 heteroatoms. The van der Waals surface area contributed by atoms with Gasteiger partial charge in [0.05, 0.1) is 6.04 Å². The highest BCUT2D eigenvalue weighted by atomic mass is 35.5. The Labute approximate surface area is 162 Å². The molecular formula is C19H19Cl2N3O2. The molecule has 0 unspecified atom stereocenters. The molecule has 0 amide bonds. The molecular weight excluding hydrogens is 373 g/mol. The van der Waals surface area contributed by atoms with Gasteiger partial charge in [-0.05, 0) is 56.4 Å². The van der Waals surface area contributed by atoms with E-state index in [1.54, 1.807) is 24.3 Å². The Morgan fingerprint density at radius 1 is 1.08 bits per heavy atom. The largest absolute Gasteiger partial charge is 0.492 e. The molecule has 1 aromatic heterocycles. The van der Waals surface area contributed by atoms with Crippen molar-refractivity contribution in [2.24, 2.45) is 0 Å². The summed E-state index contributed by atoms with van der Waals surface area (Å²) in [6.45, 7) is 3.26. The SMILES string of the molecule is C[C@@H](c1nnc(-c2cccc(Cl)c2)o1)N(C)CCOc1ccc(Cl)cc1. The van der Waals surface area contributed by atoms with E-state index in [2.05, 4.69) is 15.1 Å². The minimum Gasteiger partial charge on any atom is -0.492 e. The Balaban J connectivity index is 1.56. The zero-order chi connectivity index (χ0) is 18.5. The van der Waals surface area contributed by atoms with Crippen molar-refractivity contribution in [3.8, 4) is 17.2 Å². The lowest BCUT2D eigenvalue weighted by Gasteiger charge is -2.21. The van der Waals surface area contributed by atoms with Crippen molar-refractivity contribution in [3.63, 3.8) is 0 Å². The molecule has 0 N–H and O–H groups in total. The smallest absolute Gasteiger partial charge is 0.247 e. The third-order valence-corrected chi connectivity index (χ3v) is 4.54. The van der Waals surface area contributed by atoms with E-state index in [0.717, 1.165) is 11.3 Å². The number of hydrogen-bond acceptors (Lipinski definition) is 5. The first-order valence-electron chi connectivity index (χ1n) is 8.21. The van der Waals surface area contributed by atoms with Crippen molar-refractivity contribution >= 4 is 23.2 Å². The lowest BCUT2D eigenvalue weighted by Crippen LogP contribution is -2.27. The van der Waals surface area contributed by atoms with Crippen LogP contribution in [0.4, 0.5) is 0 Å². The van der Waals surface area contributed by atoms with E-state index in [0.29, 0.717) is 35.0 Å². The molecule has 26 heavy (non-hydrogen) atoms. The van der Waals surface area contributed by atoms with Gasteiger partial charge in [0.25, 0.3) is 0 Å². The van der Waals surface area contributed by atoms with Crippen LogP contribution >= 0.6 is 23.2 Å². The van der Waals surface area contributed by atoms with Gasteiger partial charge in [0.2, 0.25) is 11.8 Å². The fourth-order valence-electron chi connectivity index (χ4n) is 2.36. The lowest BCUT2D eigenvalue weighted by atomic mass is 10.2. The van der Waals surface area contributed by atoms with Gasteiger partial charge in [0, 0.05) is 22.2 Å². The zero-order valence-electron chi connectivity index (χ0n) is 14.5. The van der Waals surface area contributed by atoms with Crippen LogP contribution in [0.1, 0.15) is 18.9 Å². The third kappa shape index (κ3) is 4.75. The Kier molecular flexibility index (Phi) is 6.14. The fraction of sp³-hybridized carbons (Fsp3) is 0.263. The van der Waals surface area contributed by atoms with Gasteiger partial charge in [-0.3, -0.25) is 4.90 Å². The van der Waals surface area contributed by atoms with E-state index < -0.39 is 0 Å². The van der Waals surface area contributed by atoms with E-state index in [4.69, 9.17) is 32.4 Å². The monoisotopic (exact) mass is 391 g/mol. The molecule has 5 nitrogen and oxygen atoms in total. The standard InChI is InChI=1S/C19H19Cl2N3O2/c1-13(24(2)10-11-25-17-8-6-15(20)7-9-17)18-22-23-19(26-18)14-4-3-5-16(21)12-14/h3-9,12-13H,10-11H2,1-2H3/t13-/m0/s1. The Morgan fingerprint density at radius 3 is 2.58 bits per heavy atom. The van der Waals surface area contributed by atoms with Crippen molar-refractivity contribution in [2.45, 2.75) is 13.0 Å². The molecule has 0 aliphatic heterocycles. The molecule has 1 heterocycles. The summed E-state index contributed by atoms with van der Waals surface area (Å²) in [5.41, 5.74) is 0.803. The predicted octanol–water partition coefficient (Wildman–Crippen LogP) is 5.12. The van der Waals surface area contributed by atoms with Gasteiger partial charge in [-0.2, -0.15) is 0 Å². The van der Waals surface area contributed by atoms with Crippen LogP contribution in [0.5, 0.6) is 5.75 Å². The van der Waals surface area contributed by atoms with Crippen molar-refractivity contribution < 1.29 is 9.15 Å². The predicted molar refractivity (Wildman–Crippen MR) is 103 cm³/mol. The molecule has 0 spiro atoms. The summed E-state index contributed by atoms with van der Waals surface area (Å²) in [5.74, 6) is 1.80. The normalized spacial score (nSPS) is 12.3. The first-order chi connectivity index (χ1) is 12.5. The van der Waals surface area contributed by atoms with Gasteiger partial charge in [-0.15, -0.1) is 10.2 Å². The Morgan fingerprint density at radius 2 is 1.85 bits per heavy atom. The number of nitrogens with zero attached hydrogens (tertiary/aromatic N) is 3. The number of hydrogen-bond donors (Lipinski definition) is 0. The van der Waals surface area contributed by atoms with Crippen molar-refractivity contribution in [1.29, 1.82) is 0 Å². The van der Waals surface area contributed by atoms with Crippen LogP contribution in [-0.2, 0) is 0 Å². The van der Waals surface area contributed by atoms with Crippen LogP contribution in [0.3, 0.4) is 0 Å². The van der Waals surface area contributed by atoms with E-state index in [9.17, 15) is 0 Å². The Hall–Kier alpha value is -2.08. The average Bonchev–Trinajstić information content (AvgIpc) is 3.13. The average molecular weight is 392 g/mol. The number of benzene rings is 2. The van der Waals surface area contributed by atoms with Crippen LogP contribution in [0.2, 0.25) is 10.0 Å². The van der Waals surface area contributed by atoms with E-state index in [-0.39, 0.29) is 6.04 Å². The highest BCUT2D eigenvalue weighted by molar-refractivity contribution is 6.31. The van der Waals surface area contributed by atoms with Crippen LogP contribution in [0.25, 0.3) is 11.5 Å². The molecule has 0 saturated carbocycles. The summed E-state index contributed by atoms with van der Waals surface area (Å²) < 4.78 is 11.5. The quantitative estimate of drug-likeness (QED) is 0.559. The van der Waals surface area contributed by atoms with Gasteiger partial charge >= 0.3 is 0 Å². The molecule has 0 fully saturated rings. The lowest BCUT2D eigenvalue weighted by molar-refractivity contribution is 0.182. The second kappa shape index (κ2) is 8.54. The van der Waals surface area contributed by atoms with Gasteiger partial charge in [0.15, 0.2) is 0 Å². The van der Waals surface area contributed by atoms with E-state index in [1.807, 2.05) is 38.2 Å². The number of rotatable bonds is 7. The third-order valence-electron chi connectivity index (χ3n) is 4.06. The number of aromatic nitrogens is 2. The molecule has 0 radical (unpaired) electrons. The van der Waals surface area contributed by atoms with Crippen molar-refractivity contribution in [2.75, 3.05) is 20.2 Å². The van der Waals surface area contributed by atoms with Gasteiger partial charge in [0.1, 0.15) is 12.4 Å². The maximum Gasteiger partial charge on any atom is 0.247 e. The zero-order valence-corrected chi connectivity index (χ0v) is 16.0. The van der Waals surface area contributed by atoms with Crippen LogP contribution in [-0.4, -0.2) is 35.3 Å². The van der Waals surface area contributed by atoms with Gasteiger partial charge < -0.3 is 9.15 Å². The summed E-state index contributed by atoms with van der Waals surface area (Å²) in [5, 5.41) is 9.60. The van der Waals surface area contributed by atoms with E-state index >= 15 is 0 Å². The molecule has 136 valence electrons. The maximum atomic E-state index is 6.01. The van der Waals surface area contributed by atoms with Crippen LogP contribution in [0.15, 0.2) is 52.9 Å². The highest BCUT2D eigenvalue weighted by Crippen LogP contribution is 2.25. The molecule has 3 aromatic rings. The van der Waals surface area contributed by atoms with Crippen LogP contribution < -0.4 is 4.74 Å². The number of ether oxygens (including phenoxy) is 1. The molecule has 0 bridgehead atoms. The first kappa shape index (κ1) is 18.7. The highest BCUT2D eigenvalue weighted by Gasteiger charge is 2.19. The van der Waals surface area contributed by atoms with Gasteiger partial charge in [-0.1, -0.05) is 29.3 Å². The molecule has 0 saturated heterocycles. The van der Waals surface area contributed by atoms with Gasteiger partial charge in [-0.25, -0.2) is 0 Å². The van der Waals surface area contributed by atoms with Crippen LogP contribution in [0, 0.1) is 0 Å². The van der Waals surface area contributed by atoms with Crippen molar-refractivity contribution in [3.05, 3.63) is 64.5 Å². The molecule has 0 aliphatic carbocycles. The fourth-order valence-corrected chi connectivity index (χ4v) is 2.68. The molecule has 2 aromatic carbocycles. The second-order valence-corrected chi connectivity index (χ2v) is 6.79. The molecule has 1 atom stereocenters. The summed E-state index contributed by atoms with van der Waals surface area (Å²) in [6, 6.07) is 14.6. The minimum absolute atomic E-state index is 0.0377. The first-order valence-corrected chi connectivity index (χ1v) is 8.96. The number of likely N-dealkylation sites (N-methyl/N-ethyl adjacent to an activating group) is 1. The number of halogens is 2. The Bertz CT molecular complexity index is 852. The minimum atomic E-state index is -0.0377. The summed E-state index contributed by atoms with van der Waals surface area (Å²) in [4.78, 5) is 2.09. The van der Waals surface area contributed by atoms with E-state index in [1.165, 1.54) is 0 Å². The molecule has 0 aliphatic rings. The topological polar surface area (TPSA) is 51.4 Å². The second-order valence-electron chi connectivity index (χ2n) is 5.91. The van der Waals surface area contributed by atoms with Crippen molar-refractivity contribution in [1.82, 2.24) is 15.1 Å². The molecule has 3 rings (SSSR count). The maximum absolute atomic E-state index is 6.01.